The van der Waals surface area contributed by atoms with E-state index in [4.69, 9.17) is 18.9 Å². The highest BCUT2D eigenvalue weighted by molar-refractivity contribution is 5.86. The van der Waals surface area contributed by atoms with Gasteiger partial charge in [-0.15, -0.1) is 0 Å². The molecule has 0 saturated carbocycles. The lowest BCUT2D eigenvalue weighted by atomic mass is 9.90. The topological polar surface area (TPSA) is 106 Å². The van der Waals surface area contributed by atoms with E-state index in [1.54, 1.807) is 6.92 Å². The predicted octanol–water partition coefficient (Wildman–Crippen LogP) is 1.64. The number of ether oxygens (including phenoxy) is 4. The van der Waals surface area contributed by atoms with Gasteiger partial charge in [0.1, 0.15) is 12.3 Å². The first-order valence-electron chi connectivity index (χ1n) is 10.0. The molecule has 172 valence electrons. The maximum atomic E-state index is 11.4. The van der Waals surface area contributed by atoms with Gasteiger partial charge in [-0.3, -0.25) is 5.32 Å². The van der Waals surface area contributed by atoms with Crippen LogP contribution in [0.3, 0.4) is 0 Å². The second-order valence-electron chi connectivity index (χ2n) is 8.32. The second-order valence-corrected chi connectivity index (χ2v) is 8.32. The summed E-state index contributed by atoms with van der Waals surface area (Å²) in [6.07, 6.45) is 0.367. The molecule has 3 N–H and O–H groups in total. The maximum absolute atomic E-state index is 11.4. The van der Waals surface area contributed by atoms with Crippen molar-refractivity contribution in [3.05, 3.63) is 12.2 Å². The quantitative estimate of drug-likeness (QED) is 0.150. The van der Waals surface area contributed by atoms with Crippen LogP contribution < -0.4 is 5.32 Å². The zero-order valence-electron chi connectivity index (χ0n) is 19.2. The Kier molecular flexibility index (Phi) is 12.2. The van der Waals surface area contributed by atoms with Gasteiger partial charge in [-0.1, -0.05) is 13.5 Å². The Labute approximate surface area is 175 Å². The summed E-state index contributed by atoms with van der Waals surface area (Å²) < 4.78 is 22.5. The number of carbonyl (C=O) groups excluding carboxylic acids is 1. The first kappa shape index (κ1) is 28.0. The number of methoxy groups -OCH3 is 1. The largest absolute Gasteiger partial charge is 0.461 e. The number of aliphatic hydroxyl groups is 2. The van der Waals surface area contributed by atoms with Gasteiger partial charge in [0.15, 0.2) is 0 Å². The molecule has 0 aliphatic heterocycles. The summed E-state index contributed by atoms with van der Waals surface area (Å²) in [4.78, 5) is 11.4. The van der Waals surface area contributed by atoms with E-state index in [0.29, 0.717) is 18.5 Å². The SMILES string of the molecule is C=C(C)C(=O)OCCNC(C)(C)OC(C)C(C)(CC)OCC(CO)(CO)COC. The Morgan fingerprint density at radius 3 is 2.21 bits per heavy atom. The van der Waals surface area contributed by atoms with Crippen LogP contribution in [0.15, 0.2) is 12.2 Å². The molecule has 0 aromatic rings. The molecule has 8 nitrogen and oxygen atoms in total. The van der Waals surface area contributed by atoms with E-state index in [0.717, 1.165) is 0 Å². The van der Waals surface area contributed by atoms with Crippen molar-refractivity contribution in [2.24, 2.45) is 5.41 Å². The number of rotatable bonds is 16. The van der Waals surface area contributed by atoms with Crippen molar-refractivity contribution in [1.29, 1.82) is 0 Å². The van der Waals surface area contributed by atoms with Gasteiger partial charge in [0.25, 0.3) is 0 Å². The summed E-state index contributed by atoms with van der Waals surface area (Å²) in [6.45, 7) is 15.2. The minimum atomic E-state index is -0.869. The van der Waals surface area contributed by atoms with E-state index in [9.17, 15) is 15.0 Å². The molecule has 2 atom stereocenters. The molecule has 8 heteroatoms. The fourth-order valence-corrected chi connectivity index (χ4v) is 2.63. The van der Waals surface area contributed by atoms with Gasteiger partial charge < -0.3 is 29.2 Å². The zero-order chi connectivity index (χ0) is 22.7. The van der Waals surface area contributed by atoms with Crippen molar-refractivity contribution in [3.8, 4) is 0 Å². The Morgan fingerprint density at radius 2 is 1.76 bits per heavy atom. The highest BCUT2D eigenvalue weighted by atomic mass is 16.6. The molecule has 0 aromatic heterocycles. The minimum absolute atomic E-state index is 0.136. The summed E-state index contributed by atoms with van der Waals surface area (Å²) in [5, 5.41) is 22.6. The van der Waals surface area contributed by atoms with Crippen LogP contribution in [0.5, 0.6) is 0 Å². The van der Waals surface area contributed by atoms with Crippen molar-refractivity contribution >= 4 is 5.97 Å². The molecule has 2 unspecified atom stereocenters. The van der Waals surface area contributed by atoms with E-state index in [-0.39, 0.29) is 39.1 Å². The monoisotopic (exact) mass is 419 g/mol. The molecule has 0 amide bonds. The van der Waals surface area contributed by atoms with Crippen molar-refractivity contribution in [2.75, 3.05) is 46.7 Å². The molecule has 0 aliphatic rings. The Balaban J connectivity index is 4.81. The first-order chi connectivity index (χ1) is 13.4. The normalized spacial score (nSPS) is 15.6. The van der Waals surface area contributed by atoms with Crippen LogP contribution in [-0.4, -0.2) is 80.3 Å². The molecule has 0 heterocycles. The van der Waals surface area contributed by atoms with E-state index >= 15 is 0 Å². The van der Waals surface area contributed by atoms with Crippen LogP contribution in [0.1, 0.15) is 48.0 Å². The Bertz CT molecular complexity index is 505. The summed E-state index contributed by atoms with van der Waals surface area (Å²) in [5.41, 5.74) is -1.84. The molecule has 0 aromatic carbocycles. The highest BCUT2D eigenvalue weighted by Gasteiger charge is 2.39. The maximum Gasteiger partial charge on any atom is 0.333 e. The number of hydrogen-bond acceptors (Lipinski definition) is 8. The second kappa shape index (κ2) is 12.6. The van der Waals surface area contributed by atoms with Crippen LogP contribution in [0, 0.1) is 5.41 Å². The van der Waals surface area contributed by atoms with Crippen molar-refractivity contribution < 1.29 is 34.0 Å². The zero-order valence-corrected chi connectivity index (χ0v) is 19.2. The minimum Gasteiger partial charge on any atom is -0.461 e. The molecule has 0 saturated heterocycles. The molecular formula is C21H41NO7. The number of aliphatic hydroxyl groups excluding tert-OH is 2. The molecule has 0 spiro atoms. The van der Waals surface area contributed by atoms with Gasteiger partial charge in [-0.2, -0.15) is 0 Å². The van der Waals surface area contributed by atoms with Crippen molar-refractivity contribution in [1.82, 2.24) is 5.32 Å². The van der Waals surface area contributed by atoms with Crippen LogP contribution in [0.2, 0.25) is 0 Å². The van der Waals surface area contributed by atoms with Crippen molar-refractivity contribution in [2.45, 2.75) is 65.4 Å². The van der Waals surface area contributed by atoms with Crippen LogP contribution in [0.25, 0.3) is 0 Å². The van der Waals surface area contributed by atoms with E-state index < -0.39 is 22.7 Å². The van der Waals surface area contributed by atoms with Crippen LogP contribution >= 0.6 is 0 Å². The summed E-state index contributed by atoms with van der Waals surface area (Å²) in [7, 11) is 1.52. The molecule has 0 fully saturated rings. The number of esters is 1. The fourth-order valence-electron chi connectivity index (χ4n) is 2.63. The van der Waals surface area contributed by atoms with Gasteiger partial charge in [-0.05, 0) is 41.0 Å². The summed E-state index contributed by atoms with van der Waals surface area (Å²) >= 11 is 0. The van der Waals surface area contributed by atoms with Gasteiger partial charge >= 0.3 is 5.97 Å². The average Bonchev–Trinajstić information content (AvgIpc) is 2.67. The standard InChI is InChI=1S/C21H41NO7/c1-9-20(7,28-15-21(12-23,13-24)14-26-8)17(4)29-19(5,6)22-10-11-27-18(25)16(2)3/h17,22-24H,2,9-15H2,1,3-8H3. The van der Waals surface area contributed by atoms with Gasteiger partial charge in [0, 0.05) is 19.2 Å². The van der Waals surface area contributed by atoms with Gasteiger partial charge in [-0.25, -0.2) is 4.79 Å². The van der Waals surface area contributed by atoms with Gasteiger partial charge in [0.2, 0.25) is 0 Å². The van der Waals surface area contributed by atoms with E-state index in [2.05, 4.69) is 11.9 Å². The van der Waals surface area contributed by atoms with E-state index in [1.165, 1.54) is 7.11 Å². The Hall–Kier alpha value is -1.03. The third kappa shape index (κ3) is 9.55. The third-order valence-corrected chi connectivity index (χ3v) is 5.10. The molecule has 0 aliphatic carbocycles. The molecule has 29 heavy (non-hydrogen) atoms. The lowest BCUT2D eigenvalue weighted by Gasteiger charge is -2.42. The molecule has 0 bridgehead atoms. The lowest BCUT2D eigenvalue weighted by Crippen LogP contribution is -2.53. The summed E-state index contributed by atoms with van der Waals surface area (Å²) in [6, 6.07) is 0. The smallest absolute Gasteiger partial charge is 0.333 e. The number of carbonyl (C=O) groups is 1. The van der Waals surface area contributed by atoms with Crippen LogP contribution in [0.4, 0.5) is 0 Å². The van der Waals surface area contributed by atoms with Crippen molar-refractivity contribution in [3.63, 3.8) is 0 Å². The lowest BCUT2D eigenvalue weighted by molar-refractivity contribution is -0.202. The van der Waals surface area contributed by atoms with Crippen LogP contribution in [-0.2, 0) is 23.7 Å². The first-order valence-corrected chi connectivity index (χ1v) is 10.0. The molecule has 0 radical (unpaired) electrons. The fraction of sp³-hybridized carbons (Fsp3) is 0.857. The van der Waals surface area contributed by atoms with E-state index in [1.807, 2.05) is 34.6 Å². The summed E-state index contributed by atoms with van der Waals surface area (Å²) in [5.74, 6) is -0.418. The average molecular weight is 420 g/mol. The third-order valence-electron chi connectivity index (χ3n) is 5.10. The Morgan fingerprint density at radius 1 is 1.17 bits per heavy atom. The number of nitrogens with one attached hydrogen (secondary N) is 1. The molecular weight excluding hydrogens is 378 g/mol. The highest BCUT2D eigenvalue weighted by Crippen LogP contribution is 2.29. The predicted molar refractivity (Wildman–Crippen MR) is 112 cm³/mol. The van der Waals surface area contributed by atoms with Gasteiger partial charge in [0.05, 0.1) is 43.5 Å². The molecule has 0 rings (SSSR count). The number of hydrogen-bond donors (Lipinski definition) is 3.